The monoisotopic (exact) mass is 506 g/mol. The summed E-state index contributed by atoms with van der Waals surface area (Å²) in [6.45, 7) is 3.99. The van der Waals surface area contributed by atoms with Gasteiger partial charge in [0.1, 0.15) is 10.6 Å². The minimum absolute atomic E-state index is 0.124. The summed E-state index contributed by atoms with van der Waals surface area (Å²) in [6, 6.07) is 11.2. The van der Waals surface area contributed by atoms with Crippen LogP contribution >= 0.6 is 11.3 Å². The number of carbonyl (C=O) groups is 1. The Morgan fingerprint density at radius 1 is 1.18 bits per heavy atom. The highest BCUT2D eigenvalue weighted by Crippen LogP contribution is 2.38. The summed E-state index contributed by atoms with van der Waals surface area (Å²) in [5.41, 5.74) is -0.124. The molecule has 0 radical (unpaired) electrons. The van der Waals surface area contributed by atoms with Crippen LogP contribution in [0.25, 0.3) is 0 Å². The molecule has 0 amide bonds. The molecule has 1 spiro atoms. The van der Waals surface area contributed by atoms with Crippen LogP contribution in [0.1, 0.15) is 17.7 Å². The Bertz CT molecular complexity index is 1050. The summed E-state index contributed by atoms with van der Waals surface area (Å²) in [6.07, 6.45) is -3.19. The van der Waals surface area contributed by atoms with E-state index in [1.807, 2.05) is 6.07 Å². The standard InChI is InChI=1S/C19H24N2O3S2.C2HF3O2/c1-20-14-19(8-10-21(11-9-19)13-16-5-4-12-25-16)15-24-17-6-2-3-7-18(17)26(20,22)23;3-2(4,5)1(6)7/h2-7,12H,8-11,13-15H2,1H3;(H,6,7). The first-order valence-corrected chi connectivity index (χ1v) is 12.5. The van der Waals surface area contributed by atoms with E-state index in [1.54, 1.807) is 36.6 Å². The molecule has 182 valence electrons. The molecule has 2 aromatic rings. The first-order chi connectivity index (χ1) is 15.4. The van der Waals surface area contributed by atoms with Crippen LogP contribution in [0.3, 0.4) is 0 Å². The Hall–Kier alpha value is -2.15. The number of benzene rings is 1. The highest BCUT2D eigenvalue weighted by Gasteiger charge is 2.41. The lowest BCUT2D eigenvalue weighted by Crippen LogP contribution is -2.50. The Balaban J connectivity index is 0.000000383. The van der Waals surface area contributed by atoms with E-state index in [9.17, 15) is 21.6 Å². The fourth-order valence-electron chi connectivity index (χ4n) is 3.90. The van der Waals surface area contributed by atoms with Gasteiger partial charge in [0.05, 0.1) is 6.61 Å². The molecule has 0 unspecified atom stereocenters. The molecule has 4 rings (SSSR count). The van der Waals surface area contributed by atoms with Crippen LogP contribution in [0.4, 0.5) is 13.2 Å². The molecule has 0 atom stereocenters. The molecule has 1 aromatic carbocycles. The van der Waals surface area contributed by atoms with E-state index >= 15 is 0 Å². The molecule has 33 heavy (non-hydrogen) atoms. The van der Waals surface area contributed by atoms with Crippen LogP contribution in [0.2, 0.25) is 0 Å². The minimum Gasteiger partial charge on any atom is -0.492 e. The normalized spacial score (nSPS) is 20.5. The first-order valence-electron chi connectivity index (χ1n) is 10.2. The number of hydrogen-bond donors (Lipinski definition) is 1. The predicted octanol–water partition coefficient (Wildman–Crippen LogP) is 3.68. The Morgan fingerprint density at radius 2 is 1.82 bits per heavy atom. The number of para-hydroxylation sites is 1. The molecule has 0 aliphatic carbocycles. The number of thiophene rings is 1. The number of alkyl halides is 3. The Kier molecular flexibility index (Phi) is 7.72. The number of piperidine rings is 1. The number of rotatable bonds is 2. The molecule has 0 bridgehead atoms. The van der Waals surface area contributed by atoms with Crippen molar-refractivity contribution in [3.8, 4) is 5.75 Å². The van der Waals surface area contributed by atoms with Crippen LogP contribution in [0.15, 0.2) is 46.7 Å². The van der Waals surface area contributed by atoms with Gasteiger partial charge in [0.15, 0.2) is 0 Å². The van der Waals surface area contributed by atoms with Crippen molar-refractivity contribution in [2.75, 3.05) is 33.3 Å². The van der Waals surface area contributed by atoms with Gasteiger partial charge >= 0.3 is 12.1 Å². The highest BCUT2D eigenvalue weighted by molar-refractivity contribution is 7.89. The molecule has 0 saturated carbocycles. The van der Waals surface area contributed by atoms with E-state index in [0.29, 0.717) is 18.9 Å². The molecule has 2 aliphatic heterocycles. The zero-order chi connectivity index (χ0) is 24.3. The number of carboxylic acids is 1. The number of nitrogens with zero attached hydrogens (tertiary/aromatic N) is 2. The second-order valence-electron chi connectivity index (χ2n) is 8.15. The number of fused-ring (bicyclic) bond motifs is 1. The maximum absolute atomic E-state index is 12.9. The number of halogens is 3. The molecule has 1 N–H and O–H groups in total. The van der Waals surface area contributed by atoms with Gasteiger partial charge in [-0.2, -0.15) is 13.2 Å². The van der Waals surface area contributed by atoms with Crippen molar-refractivity contribution in [1.29, 1.82) is 0 Å². The van der Waals surface area contributed by atoms with Crippen molar-refractivity contribution in [2.45, 2.75) is 30.5 Å². The topological polar surface area (TPSA) is 87.2 Å². The largest absolute Gasteiger partial charge is 0.492 e. The summed E-state index contributed by atoms with van der Waals surface area (Å²) in [5, 5.41) is 9.24. The summed E-state index contributed by atoms with van der Waals surface area (Å²) in [5.74, 6) is -2.29. The lowest BCUT2D eigenvalue weighted by Gasteiger charge is -2.44. The summed E-state index contributed by atoms with van der Waals surface area (Å²) in [7, 11) is -1.82. The number of ether oxygens (including phenoxy) is 1. The van der Waals surface area contributed by atoms with Crippen molar-refractivity contribution >= 4 is 27.3 Å². The molecule has 2 aliphatic rings. The van der Waals surface area contributed by atoms with Gasteiger partial charge in [-0.05, 0) is 49.5 Å². The van der Waals surface area contributed by atoms with Crippen molar-refractivity contribution in [1.82, 2.24) is 9.21 Å². The van der Waals surface area contributed by atoms with Crippen LogP contribution in [0, 0.1) is 5.41 Å². The van der Waals surface area contributed by atoms with E-state index in [4.69, 9.17) is 14.6 Å². The molecule has 3 heterocycles. The average molecular weight is 507 g/mol. The molecule has 1 saturated heterocycles. The van der Waals surface area contributed by atoms with E-state index in [1.165, 1.54) is 9.18 Å². The molecule has 1 fully saturated rings. The van der Waals surface area contributed by atoms with Crippen LogP contribution in [-0.2, 0) is 21.4 Å². The van der Waals surface area contributed by atoms with Crippen molar-refractivity contribution < 1.29 is 36.2 Å². The van der Waals surface area contributed by atoms with Gasteiger partial charge in [-0.15, -0.1) is 11.3 Å². The van der Waals surface area contributed by atoms with Gasteiger partial charge in [0.25, 0.3) is 0 Å². The summed E-state index contributed by atoms with van der Waals surface area (Å²) in [4.78, 5) is 13.0. The van der Waals surface area contributed by atoms with Crippen molar-refractivity contribution in [2.24, 2.45) is 5.41 Å². The van der Waals surface area contributed by atoms with Crippen molar-refractivity contribution in [3.05, 3.63) is 46.7 Å². The highest BCUT2D eigenvalue weighted by atomic mass is 32.2. The lowest BCUT2D eigenvalue weighted by molar-refractivity contribution is -0.192. The molecular weight excluding hydrogens is 481 g/mol. The smallest absolute Gasteiger partial charge is 0.490 e. The third-order valence-corrected chi connectivity index (χ3v) is 8.45. The molecule has 1 aromatic heterocycles. The third kappa shape index (κ3) is 6.25. The quantitative estimate of drug-likeness (QED) is 0.669. The Morgan fingerprint density at radius 3 is 2.39 bits per heavy atom. The minimum atomic E-state index is -5.08. The molecular formula is C21H25F3N2O5S2. The number of carboxylic acid groups (broad SMARTS) is 1. The van der Waals surface area contributed by atoms with E-state index in [2.05, 4.69) is 22.4 Å². The van der Waals surface area contributed by atoms with Gasteiger partial charge in [-0.3, -0.25) is 4.90 Å². The van der Waals surface area contributed by atoms with E-state index in [-0.39, 0.29) is 10.3 Å². The number of hydrogen-bond acceptors (Lipinski definition) is 6. The number of sulfonamides is 1. The SMILES string of the molecule is CN1CC2(CCN(Cc3cccs3)CC2)COc2ccccc2S1(=O)=O.O=C(O)C(F)(F)F. The average Bonchev–Trinajstić information content (AvgIpc) is 3.26. The zero-order valence-corrected chi connectivity index (χ0v) is 19.5. The predicted molar refractivity (Wildman–Crippen MR) is 117 cm³/mol. The first kappa shape index (κ1) is 25.5. The second kappa shape index (κ2) is 10.00. The molecule has 12 heteroatoms. The van der Waals surface area contributed by atoms with Gasteiger partial charge < -0.3 is 9.84 Å². The maximum Gasteiger partial charge on any atom is 0.490 e. The maximum atomic E-state index is 12.9. The van der Waals surface area contributed by atoms with E-state index < -0.39 is 22.2 Å². The van der Waals surface area contributed by atoms with E-state index in [0.717, 1.165) is 32.5 Å². The third-order valence-electron chi connectivity index (χ3n) is 5.75. The second-order valence-corrected chi connectivity index (χ2v) is 11.2. The van der Waals surface area contributed by atoms with Crippen LogP contribution in [0.5, 0.6) is 5.75 Å². The Labute approximate surface area is 194 Å². The number of likely N-dealkylation sites (tertiary alicyclic amines) is 1. The number of aliphatic carboxylic acids is 1. The lowest BCUT2D eigenvalue weighted by atomic mass is 9.79. The van der Waals surface area contributed by atoms with Gasteiger partial charge in [0.2, 0.25) is 10.0 Å². The van der Waals surface area contributed by atoms with Crippen LogP contribution < -0.4 is 4.74 Å². The zero-order valence-electron chi connectivity index (χ0n) is 17.9. The fraction of sp³-hybridized carbons (Fsp3) is 0.476. The van der Waals surface area contributed by atoms with Gasteiger partial charge in [0, 0.05) is 30.4 Å². The van der Waals surface area contributed by atoms with Crippen LogP contribution in [-0.4, -0.2) is 68.2 Å². The van der Waals surface area contributed by atoms with Gasteiger partial charge in [-0.25, -0.2) is 17.5 Å². The molecule has 7 nitrogen and oxygen atoms in total. The van der Waals surface area contributed by atoms with Crippen molar-refractivity contribution in [3.63, 3.8) is 0 Å². The summed E-state index contributed by atoms with van der Waals surface area (Å²) < 4.78 is 65.1. The fourth-order valence-corrected chi connectivity index (χ4v) is 6.05. The van der Waals surface area contributed by atoms with Gasteiger partial charge in [-0.1, -0.05) is 18.2 Å². The summed E-state index contributed by atoms with van der Waals surface area (Å²) >= 11 is 1.79.